The summed E-state index contributed by atoms with van der Waals surface area (Å²) >= 11 is 13.3. The zero-order valence-corrected chi connectivity index (χ0v) is 12.7. The summed E-state index contributed by atoms with van der Waals surface area (Å²) in [5.74, 6) is -0.258. The van der Waals surface area contributed by atoms with Gasteiger partial charge in [0.2, 0.25) is 0 Å². The first-order chi connectivity index (χ1) is 9.61. The van der Waals surface area contributed by atoms with Crippen LogP contribution >= 0.6 is 34.5 Å². The summed E-state index contributed by atoms with van der Waals surface area (Å²) in [6.07, 6.45) is 0.520. The topological polar surface area (TPSA) is 62.2 Å². The smallest absolute Gasteiger partial charge is 0.270 e. The monoisotopic (exact) mass is 330 g/mol. The minimum atomic E-state index is -0.258. The number of halogens is 2. The third-order valence-corrected chi connectivity index (χ3v) is 3.94. The van der Waals surface area contributed by atoms with Gasteiger partial charge in [-0.1, -0.05) is 23.2 Å². The average molecular weight is 331 g/mol. The Morgan fingerprint density at radius 1 is 1.40 bits per heavy atom. The van der Waals surface area contributed by atoms with Crippen LogP contribution < -0.4 is 5.32 Å². The number of aliphatic hydroxyl groups is 1. The van der Waals surface area contributed by atoms with Gasteiger partial charge in [0.05, 0.1) is 5.02 Å². The maximum atomic E-state index is 11.8. The van der Waals surface area contributed by atoms with Gasteiger partial charge in [-0.25, -0.2) is 4.98 Å². The highest BCUT2D eigenvalue weighted by Crippen LogP contribution is 2.32. The van der Waals surface area contributed by atoms with Gasteiger partial charge in [-0.05, 0) is 24.6 Å². The van der Waals surface area contributed by atoms with Crippen LogP contribution in [0.25, 0.3) is 10.6 Å². The molecule has 20 heavy (non-hydrogen) atoms. The van der Waals surface area contributed by atoms with Gasteiger partial charge in [-0.2, -0.15) is 0 Å². The minimum Gasteiger partial charge on any atom is -0.396 e. The summed E-state index contributed by atoms with van der Waals surface area (Å²) in [4.78, 5) is 16.1. The number of aromatic nitrogens is 1. The number of benzene rings is 1. The first kappa shape index (κ1) is 15.3. The lowest BCUT2D eigenvalue weighted by molar-refractivity contribution is 0.0947. The van der Waals surface area contributed by atoms with Gasteiger partial charge >= 0.3 is 0 Å². The molecule has 0 saturated heterocycles. The van der Waals surface area contributed by atoms with Crippen LogP contribution in [0.5, 0.6) is 0 Å². The summed E-state index contributed by atoms with van der Waals surface area (Å²) < 4.78 is 0. The summed E-state index contributed by atoms with van der Waals surface area (Å²) in [5.41, 5.74) is 1.09. The van der Waals surface area contributed by atoms with E-state index < -0.39 is 0 Å². The Balaban J connectivity index is 2.14. The van der Waals surface area contributed by atoms with E-state index in [4.69, 9.17) is 28.3 Å². The van der Waals surface area contributed by atoms with Crippen LogP contribution in [-0.2, 0) is 0 Å². The molecule has 0 fully saturated rings. The molecule has 1 heterocycles. The molecular formula is C13H12Cl2N2O2S. The molecule has 0 atom stereocenters. The van der Waals surface area contributed by atoms with E-state index in [1.54, 1.807) is 23.6 Å². The first-order valence-electron chi connectivity index (χ1n) is 5.92. The van der Waals surface area contributed by atoms with Crippen molar-refractivity contribution in [3.63, 3.8) is 0 Å². The lowest BCUT2D eigenvalue weighted by Gasteiger charge is -2.01. The largest absolute Gasteiger partial charge is 0.396 e. The average Bonchev–Trinajstić information content (AvgIpc) is 2.88. The fourth-order valence-electron chi connectivity index (χ4n) is 1.54. The van der Waals surface area contributed by atoms with Gasteiger partial charge in [-0.3, -0.25) is 4.79 Å². The Morgan fingerprint density at radius 3 is 2.90 bits per heavy atom. The van der Waals surface area contributed by atoms with Gasteiger partial charge in [0, 0.05) is 29.1 Å². The van der Waals surface area contributed by atoms with Gasteiger partial charge in [0.1, 0.15) is 10.7 Å². The van der Waals surface area contributed by atoms with E-state index in [-0.39, 0.29) is 12.5 Å². The van der Waals surface area contributed by atoms with E-state index in [0.717, 1.165) is 5.56 Å². The molecule has 0 aliphatic rings. The number of hydrogen-bond donors (Lipinski definition) is 2. The molecule has 2 aromatic rings. The number of nitrogens with zero attached hydrogens (tertiary/aromatic N) is 1. The lowest BCUT2D eigenvalue weighted by atomic mass is 10.2. The second kappa shape index (κ2) is 7.04. The fraction of sp³-hybridized carbons (Fsp3) is 0.231. The minimum absolute atomic E-state index is 0.0446. The molecule has 0 aliphatic carbocycles. The zero-order valence-electron chi connectivity index (χ0n) is 10.4. The number of carbonyl (C=O) groups excluding carboxylic acids is 1. The number of amides is 1. The fourth-order valence-corrected chi connectivity index (χ4v) is 2.93. The Hall–Kier alpha value is -1.14. The summed E-state index contributed by atoms with van der Waals surface area (Å²) in [6, 6.07) is 5.14. The molecule has 0 aliphatic heterocycles. The van der Waals surface area contributed by atoms with Crippen molar-refractivity contribution in [1.82, 2.24) is 10.3 Å². The highest BCUT2D eigenvalue weighted by atomic mass is 35.5. The van der Waals surface area contributed by atoms with Crippen molar-refractivity contribution < 1.29 is 9.90 Å². The lowest BCUT2D eigenvalue weighted by Crippen LogP contribution is -2.25. The molecule has 1 aromatic heterocycles. The SMILES string of the molecule is O=C(NCCCO)c1csc(-c2ccc(Cl)cc2Cl)n1. The number of carbonyl (C=O) groups is 1. The van der Waals surface area contributed by atoms with Crippen molar-refractivity contribution in [2.24, 2.45) is 0 Å². The second-order valence-electron chi connectivity index (χ2n) is 4.00. The molecule has 0 unspecified atom stereocenters. The van der Waals surface area contributed by atoms with Crippen LogP contribution in [0.4, 0.5) is 0 Å². The zero-order chi connectivity index (χ0) is 14.5. The molecular weight excluding hydrogens is 319 g/mol. The van der Waals surface area contributed by atoms with Crippen LogP contribution in [-0.4, -0.2) is 29.1 Å². The third kappa shape index (κ3) is 3.70. The van der Waals surface area contributed by atoms with Crippen LogP contribution in [0.3, 0.4) is 0 Å². The van der Waals surface area contributed by atoms with Crippen molar-refractivity contribution >= 4 is 40.4 Å². The molecule has 106 valence electrons. The number of hydrogen-bond acceptors (Lipinski definition) is 4. The molecule has 1 amide bonds. The van der Waals surface area contributed by atoms with E-state index in [2.05, 4.69) is 10.3 Å². The van der Waals surface area contributed by atoms with Gasteiger partial charge in [0.25, 0.3) is 5.91 Å². The van der Waals surface area contributed by atoms with Gasteiger partial charge in [-0.15, -0.1) is 11.3 Å². The molecule has 7 heteroatoms. The van der Waals surface area contributed by atoms with Crippen LogP contribution in [0.2, 0.25) is 10.0 Å². The molecule has 1 aromatic carbocycles. The number of aliphatic hydroxyl groups excluding tert-OH is 1. The molecule has 2 N–H and O–H groups in total. The molecule has 0 bridgehead atoms. The Labute approximate surface area is 130 Å². The predicted molar refractivity (Wildman–Crippen MR) is 81.6 cm³/mol. The van der Waals surface area contributed by atoms with Crippen molar-refractivity contribution in [3.8, 4) is 10.6 Å². The maximum Gasteiger partial charge on any atom is 0.270 e. The van der Waals surface area contributed by atoms with Gasteiger partial charge < -0.3 is 10.4 Å². The number of nitrogens with one attached hydrogen (secondary N) is 1. The summed E-state index contributed by atoms with van der Waals surface area (Å²) in [7, 11) is 0. The van der Waals surface area contributed by atoms with Crippen LogP contribution in [0.15, 0.2) is 23.6 Å². The Kier molecular flexibility index (Phi) is 5.37. The number of rotatable bonds is 5. The van der Waals surface area contributed by atoms with Crippen LogP contribution in [0, 0.1) is 0 Å². The molecule has 4 nitrogen and oxygen atoms in total. The molecule has 2 rings (SSSR count). The van der Waals surface area contributed by atoms with Crippen molar-refractivity contribution in [1.29, 1.82) is 0 Å². The molecule has 0 saturated carbocycles. The standard InChI is InChI=1S/C13H12Cl2N2O2S/c14-8-2-3-9(10(15)6-8)13-17-11(7-20-13)12(19)16-4-1-5-18/h2-3,6-7,18H,1,4-5H2,(H,16,19). The first-order valence-corrected chi connectivity index (χ1v) is 7.55. The van der Waals surface area contributed by atoms with E-state index in [1.165, 1.54) is 11.3 Å². The predicted octanol–water partition coefficient (Wildman–Crippen LogP) is 3.23. The molecule has 0 spiro atoms. The highest BCUT2D eigenvalue weighted by Gasteiger charge is 2.13. The quantitative estimate of drug-likeness (QED) is 0.827. The highest BCUT2D eigenvalue weighted by molar-refractivity contribution is 7.13. The van der Waals surface area contributed by atoms with Crippen LogP contribution in [0.1, 0.15) is 16.9 Å². The van der Waals surface area contributed by atoms with E-state index in [0.29, 0.717) is 33.7 Å². The normalized spacial score (nSPS) is 10.6. The summed E-state index contributed by atoms with van der Waals surface area (Å²) in [5, 5.41) is 14.7. The van der Waals surface area contributed by atoms with Crippen molar-refractivity contribution in [3.05, 3.63) is 39.3 Å². The Bertz CT molecular complexity index is 616. The maximum absolute atomic E-state index is 11.8. The molecule has 0 radical (unpaired) electrons. The third-order valence-electron chi connectivity index (χ3n) is 2.52. The van der Waals surface area contributed by atoms with Crippen molar-refractivity contribution in [2.75, 3.05) is 13.2 Å². The number of thiazole rings is 1. The summed E-state index contributed by atoms with van der Waals surface area (Å²) in [6.45, 7) is 0.465. The Morgan fingerprint density at radius 2 is 2.20 bits per heavy atom. The van der Waals surface area contributed by atoms with Gasteiger partial charge in [0.15, 0.2) is 0 Å². The van der Waals surface area contributed by atoms with Crippen molar-refractivity contribution in [2.45, 2.75) is 6.42 Å². The van der Waals surface area contributed by atoms with E-state index >= 15 is 0 Å². The van der Waals surface area contributed by atoms with E-state index in [1.807, 2.05) is 0 Å². The second-order valence-corrected chi connectivity index (χ2v) is 5.70. The van der Waals surface area contributed by atoms with E-state index in [9.17, 15) is 4.79 Å².